The van der Waals surface area contributed by atoms with Crippen molar-refractivity contribution in [1.29, 1.82) is 0 Å². The van der Waals surface area contributed by atoms with Crippen molar-refractivity contribution < 1.29 is 9.90 Å². The number of anilines is 1. The van der Waals surface area contributed by atoms with Crippen LogP contribution >= 0.6 is 0 Å². The summed E-state index contributed by atoms with van der Waals surface area (Å²) in [6.07, 6.45) is 2.77. The van der Waals surface area contributed by atoms with E-state index in [1.807, 2.05) is 10.8 Å². The van der Waals surface area contributed by atoms with Crippen molar-refractivity contribution in [2.75, 3.05) is 11.9 Å². The summed E-state index contributed by atoms with van der Waals surface area (Å²) in [7, 11) is 0. The summed E-state index contributed by atoms with van der Waals surface area (Å²) in [6.45, 7) is 5.28. The minimum absolute atomic E-state index is 0.354. The summed E-state index contributed by atoms with van der Waals surface area (Å²) in [6, 6.07) is 0. The molecule has 0 aliphatic carbocycles. The van der Waals surface area contributed by atoms with Gasteiger partial charge in [0, 0.05) is 18.8 Å². The van der Waals surface area contributed by atoms with E-state index in [1.54, 1.807) is 0 Å². The number of carboxylic acid groups (broad SMARTS) is 1. The highest BCUT2D eigenvalue weighted by Crippen LogP contribution is 2.21. The van der Waals surface area contributed by atoms with Gasteiger partial charge in [-0.1, -0.05) is 13.8 Å². The zero-order valence-electron chi connectivity index (χ0n) is 9.60. The van der Waals surface area contributed by atoms with Crippen LogP contribution in [0.25, 0.3) is 0 Å². The molecule has 88 valence electrons. The second-order valence-electron chi connectivity index (χ2n) is 4.70. The van der Waals surface area contributed by atoms with E-state index in [-0.39, 0.29) is 5.92 Å². The average molecular weight is 223 g/mol. The number of fused-ring (bicyclic) bond motifs is 1. The first-order valence-electron chi connectivity index (χ1n) is 5.59. The van der Waals surface area contributed by atoms with E-state index < -0.39 is 5.97 Å². The fraction of sp³-hybridized carbons (Fsp3) is 0.636. The van der Waals surface area contributed by atoms with Crippen LogP contribution in [0.15, 0.2) is 6.20 Å². The van der Waals surface area contributed by atoms with E-state index in [4.69, 9.17) is 5.11 Å². The summed E-state index contributed by atoms with van der Waals surface area (Å²) >= 11 is 0. The number of aliphatic carboxylic acids is 1. The number of hydrogen-bond acceptors (Lipinski definition) is 3. The number of hydrogen-bond donors (Lipinski definition) is 2. The predicted octanol–water partition coefficient (Wildman–Crippen LogP) is 1.21. The molecule has 1 aliphatic heterocycles. The predicted molar refractivity (Wildman–Crippen MR) is 60.4 cm³/mol. The maximum absolute atomic E-state index is 10.9. The monoisotopic (exact) mass is 223 g/mol. The molecule has 1 aromatic rings. The fourth-order valence-electron chi connectivity index (χ4n) is 2.00. The van der Waals surface area contributed by atoms with Crippen molar-refractivity contribution >= 4 is 11.9 Å². The summed E-state index contributed by atoms with van der Waals surface area (Å²) in [5.74, 6) is 0.245. The molecule has 1 aliphatic rings. The Kier molecular flexibility index (Phi) is 2.85. The highest BCUT2D eigenvalue weighted by atomic mass is 16.4. The molecular formula is C11H17N3O2. The largest absolute Gasteiger partial charge is 0.481 e. The molecule has 1 atom stereocenters. The van der Waals surface area contributed by atoms with Gasteiger partial charge < -0.3 is 15.0 Å². The molecule has 1 unspecified atom stereocenters. The van der Waals surface area contributed by atoms with Gasteiger partial charge in [-0.25, -0.2) is 4.98 Å². The lowest BCUT2D eigenvalue weighted by Crippen LogP contribution is -2.33. The Morgan fingerprint density at radius 1 is 1.75 bits per heavy atom. The SMILES string of the molecule is CC(C)Cc1cnc2n1CC(C(=O)O)CN2. The molecule has 0 bridgehead atoms. The van der Waals surface area contributed by atoms with E-state index in [0.29, 0.717) is 19.0 Å². The lowest BCUT2D eigenvalue weighted by Gasteiger charge is -2.23. The van der Waals surface area contributed by atoms with Crippen molar-refractivity contribution in [3.8, 4) is 0 Å². The minimum Gasteiger partial charge on any atom is -0.481 e. The van der Waals surface area contributed by atoms with Crippen LogP contribution in [0.2, 0.25) is 0 Å². The Bertz CT molecular complexity index is 398. The molecule has 0 fully saturated rings. The number of nitrogens with zero attached hydrogens (tertiary/aromatic N) is 2. The van der Waals surface area contributed by atoms with Crippen LogP contribution in [0, 0.1) is 11.8 Å². The molecule has 0 saturated carbocycles. The van der Waals surface area contributed by atoms with Crippen molar-refractivity contribution in [2.24, 2.45) is 11.8 Å². The number of rotatable bonds is 3. The molecule has 2 rings (SSSR count). The Balaban J connectivity index is 2.21. The van der Waals surface area contributed by atoms with Crippen molar-refractivity contribution in [3.63, 3.8) is 0 Å². The summed E-state index contributed by atoms with van der Waals surface area (Å²) in [5, 5.41) is 12.1. The molecule has 2 N–H and O–H groups in total. The summed E-state index contributed by atoms with van der Waals surface area (Å²) < 4.78 is 1.99. The summed E-state index contributed by atoms with van der Waals surface area (Å²) in [4.78, 5) is 15.2. The van der Waals surface area contributed by atoms with Crippen LogP contribution in [-0.4, -0.2) is 27.2 Å². The zero-order valence-corrected chi connectivity index (χ0v) is 9.60. The van der Waals surface area contributed by atoms with Gasteiger partial charge in [0.05, 0.1) is 12.1 Å². The molecule has 0 aromatic carbocycles. The van der Waals surface area contributed by atoms with E-state index in [0.717, 1.165) is 18.1 Å². The van der Waals surface area contributed by atoms with Gasteiger partial charge >= 0.3 is 5.97 Å². The quantitative estimate of drug-likeness (QED) is 0.808. The first kappa shape index (κ1) is 11.0. The molecular weight excluding hydrogens is 206 g/mol. The van der Waals surface area contributed by atoms with E-state index >= 15 is 0 Å². The molecule has 0 radical (unpaired) electrons. The van der Waals surface area contributed by atoms with Gasteiger partial charge in [-0.15, -0.1) is 0 Å². The molecule has 2 heterocycles. The van der Waals surface area contributed by atoms with Gasteiger partial charge in [-0.3, -0.25) is 4.79 Å². The van der Waals surface area contributed by atoms with Crippen LogP contribution in [0.1, 0.15) is 19.5 Å². The van der Waals surface area contributed by atoms with Crippen molar-refractivity contribution in [3.05, 3.63) is 11.9 Å². The normalized spacial score (nSPS) is 19.3. The number of aromatic nitrogens is 2. The Labute approximate surface area is 94.5 Å². The van der Waals surface area contributed by atoms with Crippen molar-refractivity contribution in [2.45, 2.75) is 26.8 Å². The van der Waals surface area contributed by atoms with Gasteiger partial charge in [0.1, 0.15) is 0 Å². The Morgan fingerprint density at radius 2 is 2.50 bits per heavy atom. The van der Waals surface area contributed by atoms with Gasteiger partial charge in [-0.05, 0) is 12.3 Å². The molecule has 5 nitrogen and oxygen atoms in total. The Hall–Kier alpha value is -1.52. The molecule has 0 amide bonds. The second-order valence-corrected chi connectivity index (χ2v) is 4.70. The highest BCUT2D eigenvalue weighted by Gasteiger charge is 2.26. The lowest BCUT2D eigenvalue weighted by molar-refractivity contribution is -0.141. The summed E-state index contributed by atoms with van der Waals surface area (Å²) in [5.41, 5.74) is 1.11. The fourth-order valence-corrected chi connectivity index (χ4v) is 2.00. The molecule has 0 saturated heterocycles. The molecule has 5 heteroatoms. The average Bonchev–Trinajstić information content (AvgIpc) is 2.60. The number of nitrogens with one attached hydrogen (secondary N) is 1. The van der Waals surface area contributed by atoms with E-state index in [1.165, 1.54) is 0 Å². The van der Waals surface area contributed by atoms with Crippen LogP contribution in [-0.2, 0) is 17.8 Å². The van der Waals surface area contributed by atoms with E-state index in [2.05, 4.69) is 24.1 Å². The minimum atomic E-state index is -0.748. The van der Waals surface area contributed by atoms with Gasteiger partial charge in [0.15, 0.2) is 0 Å². The Morgan fingerprint density at radius 3 is 3.12 bits per heavy atom. The molecule has 1 aromatic heterocycles. The third-order valence-electron chi connectivity index (χ3n) is 2.81. The topological polar surface area (TPSA) is 67.2 Å². The zero-order chi connectivity index (χ0) is 11.7. The first-order valence-corrected chi connectivity index (χ1v) is 5.59. The van der Waals surface area contributed by atoms with Crippen molar-refractivity contribution in [1.82, 2.24) is 9.55 Å². The standard InChI is InChI=1S/C11H17N3O2/c1-7(2)3-9-5-13-11-12-4-8(10(15)16)6-14(9)11/h5,7-8H,3-4,6H2,1-2H3,(H,12,13)(H,15,16). The number of carboxylic acids is 1. The van der Waals surface area contributed by atoms with E-state index in [9.17, 15) is 4.79 Å². The third kappa shape index (κ3) is 2.03. The van der Waals surface area contributed by atoms with Gasteiger partial charge in [-0.2, -0.15) is 0 Å². The smallest absolute Gasteiger partial charge is 0.310 e. The third-order valence-corrected chi connectivity index (χ3v) is 2.81. The van der Waals surface area contributed by atoms with Crippen LogP contribution in [0.3, 0.4) is 0 Å². The molecule has 16 heavy (non-hydrogen) atoms. The van der Waals surface area contributed by atoms with Gasteiger partial charge in [0.2, 0.25) is 5.95 Å². The van der Waals surface area contributed by atoms with Crippen LogP contribution in [0.5, 0.6) is 0 Å². The number of imidazole rings is 1. The first-order chi connectivity index (χ1) is 7.58. The lowest BCUT2D eigenvalue weighted by atomic mass is 10.1. The van der Waals surface area contributed by atoms with Crippen LogP contribution in [0.4, 0.5) is 5.95 Å². The second kappa shape index (κ2) is 4.15. The molecule has 0 spiro atoms. The van der Waals surface area contributed by atoms with Crippen LogP contribution < -0.4 is 5.32 Å². The highest BCUT2D eigenvalue weighted by molar-refractivity contribution is 5.71. The maximum atomic E-state index is 10.9. The maximum Gasteiger partial charge on any atom is 0.310 e. The number of carbonyl (C=O) groups is 1. The van der Waals surface area contributed by atoms with Gasteiger partial charge in [0.25, 0.3) is 0 Å².